The van der Waals surface area contributed by atoms with Crippen LogP contribution in [0.15, 0.2) is 216 Å². The zero-order valence-electron chi connectivity index (χ0n) is 45.2. The van der Waals surface area contributed by atoms with Crippen LogP contribution in [0.1, 0.15) is 169 Å². The van der Waals surface area contributed by atoms with Crippen molar-refractivity contribution >= 4 is 0 Å². The van der Waals surface area contributed by atoms with Crippen LogP contribution in [0.2, 0.25) is 0 Å². The Hall–Kier alpha value is -6.50. The molecule has 16 rings (SSSR count). The van der Waals surface area contributed by atoms with E-state index in [-0.39, 0.29) is 0 Å². The van der Waals surface area contributed by atoms with Crippen molar-refractivity contribution in [3.8, 4) is 11.1 Å². The van der Waals surface area contributed by atoms with Crippen molar-refractivity contribution in [2.45, 2.75) is 161 Å². The molecule has 9 aliphatic carbocycles. The minimum Gasteiger partial charge on any atom is -0.0802 e. The van der Waals surface area contributed by atoms with E-state index in [0.29, 0.717) is 0 Å². The van der Waals surface area contributed by atoms with Crippen molar-refractivity contribution in [3.63, 3.8) is 0 Å². The molecule has 9 aliphatic rings. The maximum absolute atomic E-state index is 2.31. The van der Waals surface area contributed by atoms with E-state index in [0.717, 1.165) is 19.3 Å². The molecule has 7 aromatic rings. The largest absolute Gasteiger partial charge is 0.0802 e. The summed E-state index contributed by atoms with van der Waals surface area (Å²) < 4.78 is 0. The topological polar surface area (TPSA) is 0 Å². The van der Waals surface area contributed by atoms with Crippen molar-refractivity contribution in [2.75, 3.05) is 0 Å². The van der Waals surface area contributed by atoms with Crippen LogP contribution in [0.4, 0.5) is 0 Å². The highest BCUT2D eigenvalue weighted by molar-refractivity contribution is 5.76. The van der Waals surface area contributed by atoms with Gasteiger partial charge >= 0.3 is 0 Å². The lowest BCUT2D eigenvalue weighted by atomic mass is 9.86. The molecule has 75 heavy (non-hydrogen) atoms. The van der Waals surface area contributed by atoms with Crippen molar-refractivity contribution in [2.24, 2.45) is 0 Å². The van der Waals surface area contributed by atoms with Gasteiger partial charge in [-0.3, -0.25) is 0 Å². The van der Waals surface area contributed by atoms with E-state index >= 15 is 0 Å². The third-order valence-electron chi connectivity index (χ3n) is 17.1. The molecule has 0 amide bonds. The van der Waals surface area contributed by atoms with E-state index in [1.54, 1.807) is 55.7 Å². The first-order valence-corrected chi connectivity index (χ1v) is 29.5. The second-order valence-corrected chi connectivity index (χ2v) is 22.2. The zero-order chi connectivity index (χ0) is 50.7. The molecule has 382 valence electrons. The first-order valence-electron chi connectivity index (χ1n) is 29.5. The van der Waals surface area contributed by atoms with E-state index < -0.39 is 0 Å². The minimum atomic E-state index is 1.10. The Labute approximate surface area is 452 Å². The number of aryl methyl sites for hydroxylation is 6. The molecule has 0 aliphatic heterocycles. The molecule has 0 bridgehead atoms. The molecule has 0 radical (unpaired) electrons. The second kappa shape index (κ2) is 27.3. The highest BCUT2D eigenvalue weighted by Crippen LogP contribution is 2.36. The Kier molecular flexibility index (Phi) is 18.9. The second-order valence-electron chi connectivity index (χ2n) is 22.2. The maximum Gasteiger partial charge on any atom is -0.00135 e. The summed E-state index contributed by atoms with van der Waals surface area (Å²) in [5.74, 6) is 0. The summed E-state index contributed by atoms with van der Waals surface area (Å²) in [6.07, 6.45) is 42.3. The van der Waals surface area contributed by atoms with Gasteiger partial charge in [0.1, 0.15) is 0 Å². The van der Waals surface area contributed by atoms with E-state index in [2.05, 4.69) is 194 Å². The van der Waals surface area contributed by atoms with Gasteiger partial charge in [0.2, 0.25) is 0 Å². The summed E-state index contributed by atoms with van der Waals surface area (Å²) in [6.45, 7) is 0. The lowest BCUT2D eigenvalue weighted by Crippen LogP contribution is -2.06. The van der Waals surface area contributed by atoms with Crippen molar-refractivity contribution in [1.29, 1.82) is 0 Å². The van der Waals surface area contributed by atoms with Gasteiger partial charge in [0.05, 0.1) is 0 Å². The SMILES string of the molecule is C1=CC2=C(C1)CCC2.C1=CC2=C(C1)CCCC2.c1ccc2c(c1)CCCC2.c1ccc2c(c1)CCCC2.c1ccc2c(c1)CCCCC2.c1ccc2c(c1)Cc1ccccc1-2.c1ccc2c(c1)Cc1ccccc1C2. The normalized spacial score (nSPS) is 17.1. The van der Waals surface area contributed by atoms with Gasteiger partial charge in [-0.25, -0.2) is 0 Å². The van der Waals surface area contributed by atoms with Gasteiger partial charge in [0.15, 0.2) is 0 Å². The summed E-state index contributed by atoms with van der Waals surface area (Å²) in [5, 5.41) is 0. The fourth-order valence-electron chi connectivity index (χ4n) is 12.9. The van der Waals surface area contributed by atoms with Crippen LogP contribution in [-0.4, -0.2) is 0 Å². The molecule has 7 aromatic carbocycles. The average molecular weight is 983 g/mol. The Morgan fingerprint density at radius 1 is 0.200 bits per heavy atom. The quantitative estimate of drug-likeness (QED) is 0.133. The predicted molar refractivity (Wildman–Crippen MR) is 321 cm³/mol. The Morgan fingerprint density at radius 3 is 0.813 bits per heavy atom. The molecule has 0 saturated carbocycles. The molecule has 0 atom stereocenters. The highest BCUT2D eigenvalue weighted by Gasteiger charge is 2.17. The summed E-state index contributed by atoms with van der Waals surface area (Å²) in [6, 6.07) is 61.3. The van der Waals surface area contributed by atoms with E-state index in [1.165, 1.54) is 186 Å². The van der Waals surface area contributed by atoms with Crippen LogP contribution in [0.25, 0.3) is 11.1 Å². The number of hydrogen-bond donors (Lipinski definition) is 0. The van der Waals surface area contributed by atoms with E-state index in [1.807, 2.05) is 0 Å². The van der Waals surface area contributed by atoms with Crippen molar-refractivity contribution < 1.29 is 0 Å². The monoisotopic (exact) mass is 983 g/mol. The maximum atomic E-state index is 2.31. The summed E-state index contributed by atoms with van der Waals surface area (Å²) in [5.41, 5.74) is 27.9. The van der Waals surface area contributed by atoms with Gasteiger partial charge in [-0.1, -0.05) is 212 Å². The molecule has 0 nitrogen and oxygen atoms in total. The van der Waals surface area contributed by atoms with E-state index in [4.69, 9.17) is 0 Å². The summed E-state index contributed by atoms with van der Waals surface area (Å²) in [4.78, 5) is 0. The Bertz CT molecular complexity index is 2830. The molecular formula is C75H82. The van der Waals surface area contributed by atoms with Crippen LogP contribution in [0, 0.1) is 0 Å². The predicted octanol–water partition coefficient (Wildman–Crippen LogP) is 19.8. The molecular weight excluding hydrogens is 901 g/mol. The fourth-order valence-corrected chi connectivity index (χ4v) is 12.9. The minimum absolute atomic E-state index is 1.10. The third kappa shape index (κ3) is 14.5. The number of benzene rings is 7. The third-order valence-corrected chi connectivity index (χ3v) is 17.1. The van der Waals surface area contributed by atoms with Gasteiger partial charge in [-0.2, -0.15) is 0 Å². The molecule has 0 heteroatoms. The smallest absolute Gasteiger partial charge is 0.00135 e. The summed E-state index contributed by atoms with van der Waals surface area (Å²) >= 11 is 0. The van der Waals surface area contributed by atoms with Crippen LogP contribution < -0.4 is 0 Å². The van der Waals surface area contributed by atoms with Gasteiger partial charge in [-0.05, 0) is 243 Å². The van der Waals surface area contributed by atoms with Gasteiger partial charge in [0, 0.05) is 0 Å². The standard InChI is InChI=1S/C14H12.C13H10.C11H14.2C10H12.C9H12.C8H10/c1-2-6-12-10-14-8-4-3-7-13(14)9-11(12)5-1;1-3-7-12-10(5-1)9-11-6-2-4-8-13(11)12;1-2-6-10-8-4-5-9-11(10)7-3-1;2*1-2-6-10-8-4-3-7-9(10)5-1;1-2-5-9-7-3-6-8(9)4-1;1-3-7-5-2-6-8(7)4-1/h1-8H,9-10H2;1-8H,9H2;4-5,8-9H,1-3,6-7H2;2*1-2,5-6H,3-4,7-8H2;3,6H,1-2,4-5,7H2;1,3H,2,4-6H2. The van der Waals surface area contributed by atoms with Crippen LogP contribution in [0.5, 0.6) is 0 Å². The molecule has 0 aromatic heterocycles. The molecule has 0 unspecified atom stereocenters. The first-order chi connectivity index (χ1) is 37.2. The summed E-state index contributed by atoms with van der Waals surface area (Å²) in [7, 11) is 0. The van der Waals surface area contributed by atoms with E-state index in [9.17, 15) is 0 Å². The van der Waals surface area contributed by atoms with Crippen molar-refractivity contribution in [3.05, 3.63) is 283 Å². The van der Waals surface area contributed by atoms with Gasteiger partial charge in [-0.15, -0.1) is 0 Å². The lowest BCUT2D eigenvalue weighted by molar-refractivity contribution is 0.681. The Morgan fingerprint density at radius 2 is 0.453 bits per heavy atom. The van der Waals surface area contributed by atoms with Crippen LogP contribution in [-0.2, 0) is 57.8 Å². The zero-order valence-corrected chi connectivity index (χ0v) is 45.2. The van der Waals surface area contributed by atoms with Crippen LogP contribution in [0.3, 0.4) is 0 Å². The Balaban J connectivity index is 0.000000100. The lowest BCUT2D eigenvalue weighted by Gasteiger charge is -2.18. The number of allylic oxidation sites excluding steroid dienone is 8. The molecule has 0 fully saturated rings. The number of rotatable bonds is 0. The molecule has 0 spiro atoms. The molecule has 0 saturated heterocycles. The highest BCUT2D eigenvalue weighted by atomic mass is 14.2. The number of fused-ring (bicyclic) bond motifs is 8. The molecule has 0 N–H and O–H groups in total. The fraction of sp³-hybridized carbons (Fsp3) is 0.333. The van der Waals surface area contributed by atoms with Gasteiger partial charge < -0.3 is 0 Å². The number of hydrogen-bond acceptors (Lipinski definition) is 0. The first kappa shape index (κ1) is 52.0. The van der Waals surface area contributed by atoms with Crippen molar-refractivity contribution in [1.82, 2.24) is 0 Å². The van der Waals surface area contributed by atoms with Gasteiger partial charge in [0.25, 0.3) is 0 Å². The average Bonchev–Trinajstić information content (AvgIpc) is 4.30. The molecule has 0 heterocycles. The van der Waals surface area contributed by atoms with Crippen LogP contribution >= 0.6 is 0 Å².